The minimum absolute atomic E-state index is 0.115. The number of thioether (sulfide) groups is 1. The van der Waals surface area contributed by atoms with E-state index in [2.05, 4.69) is 9.72 Å². The molecule has 7 heteroatoms. The van der Waals surface area contributed by atoms with E-state index in [4.69, 9.17) is 0 Å². The summed E-state index contributed by atoms with van der Waals surface area (Å²) < 4.78 is 31.5. The highest BCUT2D eigenvalue weighted by Crippen LogP contribution is 2.29. The first-order chi connectivity index (χ1) is 14.1. The summed E-state index contributed by atoms with van der Waals surface area (Å²) in [5.41, 5.74) is 1.70. The van der Waals surface area contributed by atoms with Gasteiger partial charge in [0.2, 0.25) is 0 Å². The first kappa shape index (κ1) is 19.1. The van der Waals surface area contributed by atoms with Gasteiger partial charge in [-0.3, -0.25) is 9.36 Å². The second-order valence-electron chi connectivity index (χ2n) is 6.16. The molecule has 0 amide bonds. The maximum Gasteiger partial charge on any atom is 0.387 e. The van der Waals surface area contributed by atoms with Crippen LogP contribution < -0.4 is 10.3 Å². The molecule has 146 valence electrons. The molecule has 0 N–H and O–H groups in total. The predicted molar refractivity (Wildman–Crippen MR) is 110 cm³/mol. The minimum Gasteiger partial charge on any atom is -0.435 e. The SMILES string of the molecule is O=c1c2ccccc2nc(SCc2ccccc2OC(F)F)n1-c1ccccc1. The number of aromatic nitrogens is 2. The average Bonchev–Trinajstić information content (AvgIpc) is 2.73. The second-order valence-corrected chi connectivity index (χ2v) is 7.11. The van der Waals surface area contributed by atoms with Crippen LogP contribution in [-0.2, 0) is 5.75 Å². The van der Waals surface area contributed by atoms with E-state index in [0.717, 1.165) is 0 Å². The molecule has 4 rings (SSSR count). The molecule has 0 saturated heterocycles. The van der Waals surface area contributed by atoms with Crippen LogP contribution in [0.15, 0.2) is 88.8 Å². The number of hydrogen-bond donors (Lipinski definition) is 0. The average molecular weight is 410 g/mol. The molecule has 0 aliphatic rings. The summed E-state index contributed by atoms with van der Waals surface area (Å²) in [6, 6.07) is 23.0. The molecule has 4 aromatic rings. The van der Waals surface area contributed by atoms with Gasteiger partial charge in [-0.15, -0.1) is 0 Å². The fraction of sp³-hybridized carbons (Fsp3) is 0.0909. The van der Waals surface area contributed by atoms with Crippen molar-refractivity contribution in [1.82, 2.24) is 9.55 Å². The molecular weight excluding hydrogens is 394 g/mol. The van der Waals surface area contributed by atoms with E-state index in [1.807, 2.05) is 36.4 Å². The van der Waals surface area contributed by atoms with Gasteiger partial charge in [-0.25, -0.2) is 4.98 Å². The lowest BCUT2D eigenvalue weighted by Crippen LogP contribution is -2.21. The highest BCUT2D eigenvalue weighted by Gasteiger charge is 2.15. The second kappa shape index (κ2) is 8.45. The van der Waals surface area contributed by atoms with Crippen molar-refractivity contribution in [2.45, 2.75) is 17.5 Å². The van der Waals surface area contributed by atoms with Gasteiger partial charge in [-0.1, -0.05) is 60.3 Å². The summed E-state index contributed by atoms with van der Waals surface area (Å²) in [6.07, 6.45) is 0. The third kappa shape index (κ3) is 4.14. The Hall–Kier alpha value is -3.19. The van der Waals surface area contributed by atoms with Crippen LogP contribution in [0.25, 0.3) is 16.6 Å². The number of ether oxygens (including phenoxy) is 1. The van der Waals surface area contributed by atoms with Crippen molar-refractivity contribution in [3.8, 4) is 11.4 Å². The molecule has 0 radical (unpaired) electrons. The van der Waals surface area contributed by atoms with E-state index >= 15 is 0 Å². The topological polar surface area (TPSA) is 44.1 Å². The Morgan fingerprint density at radius 3 is 2.41 bits per heavy atom. The van der Waals surface area contributed by atoms with Crippen molar-refractivity contribution in [1.29, 1.82) is 0 Å². The first-order valence-electron chi connectivity index (χ1n) is 8.86. The van der Waals surface area contributed by atoms with Gasteiger partial charge >= 0.3 is 6.61 Å². The lowest BCUT2D eigenvalue weighted by molar-refractivity contribution is -0.0503. The molecule has 29 heavy (non-hydrogen) atoms. The first-order valence-corrected chi connectivity index (χ1v) is 9.85. The lowest BCUT2D eigenvalue weighted by atomic mass is 10.2. The quantitative estimate of drug-likeness (QED) is 0.320. The Morgan fingerprint density at radius 2 is 1.62 bits per heavy atom. The zero-order chi connectivity index (χ0) is 20.2. The van der Waals surface area contributed by atoms with Crippen LogP contribution in [0.5, 0.6) is 5.75 Å². The van der Waals surface area contributed by atoms with E-state index in [-0.39, 0.29) is 11.3 Å². The summed E-state index contributed by atoms with van der Waals surface area (Å²) in [5, 5.41) is 0.994. The van der Waals surface area contributed by atoms with Crippen molar-refractivity contribution in [3.63, 3.8) is 0 Å². The molecule has 0 fully saturated rings. The number of fused-ring (bicyclic) bond motifs is 1. The molecule has 0 unspecified atom stereocenters. The molecule has 0 saturated carbocycles. The predicted octanol–water partition coefficient (Wildman–Crippen LogP) is 5.28. The third-order valence-electron chi connectivity index (χ3n) is 4.30. The maximum absolute atomic E-state index is 13.2. The van der Waals surface area contributed by atoms with Gasteiger partial charge in [-0.05, 0) is 30.3 Å². The molecular formula is C22H16F2N2O2S. The Bertz CT molecular complexity index is 1200. The number of hydrogen-bond acceptors (Lipinski definition) is 4. The number of nitrogens with zero attached hydrogens (tertiary/aromatic N) is 2. The van der Waals surface area contributed by atoms with E-state index in [1.54, 1.807) is 41.0 Å². The van der Waals surface area contributed by atoms with Crippen molar-refractivity contribution < 1.29 is 13.5 Å². The van der Waals surface area contributed by atoms with Gasteiger partial charge in [0.15, 0.2) is 5.16 Å². The molecule has 1 heterocycles. The number of rotatable bonds is 6. The Balaban J connectivity index is 1.77. The van der Waals surface area contributed by atoms with Crippen LogP contribution in [0.2, 0.25) is 0 Å². The van der Waals surface area contributed by atoms with Gasteiger partial charge < -0.3 is 4.74 Å². The fourth-order valence-electron chi connectivity index (χ4n) is 2.99. The summed E-state index contributed by atoms with van der Waals surface area (Å²) in [5.74, 6) is 0.435. The van der Waals surface area contributed by atoms with Gasteiger partial charge in [-0.2, -0.15) is 8.78 Å². The summed E-state index contributed by atoms with van der Waals surface area (Å²) in [7, 11) is 0. The normalized spacial score (nSPS) is 11.1. The van der Waals surface area contributed by atoms with Gasteiger partial charge in [0.05, 0.1) is 16.6 Å². The molecule has 3 aromatic carbocycles. The molecule has 0 spiro atoms. The lowest BCUT2D eigenvalue weighted by Gasteiger charge is -2.14. The van der Waals surface area contributed by atoms with Crippen molar-refractivity contribution in [2.24, 2.45) is 0 Å². The van der Waals surface area contributed by atoms with Gasteiger partial charge in [0.1, 0.15) is 5.75 Å². The molecule has 0 aliphatic carbocycles. The fourth-order valence-corrected chi connectivity index (χ4v) is 3.99. The Kier molecular flexibility index (Phi) is 5.57. The molecule has 4 nitrogen and oxygen atoms in total. The van der Waals surface area contributed by atoms with Crippen LogP contribution in [0.4, 0.5) is 8.78 Å². The van der Waals surface area contributed by atoms with Crippen LogP contribution >= 0.6 is 11.8 Å². The number of alkyl halides is 2. The van der Waals surface area contributed by atoms with E-state index in [0.29, 0.717) is 33.1 Å². The van der Waals surface area contributed by atoms with Crippen molar-refractivity contribution in [2.75, 3.05) is 0 Å². The zero-order valence-electron chi connectivity index (χ0n) is 15.2. The highest BCUT2D eigenvalue weighted by molar-refractivity contribution is 7.98. The number of para-hydroxylation sites is 3. The van der Waals surface area contributed by atoms with E-state index in [9.17, 15) is 13.6 Å². The van der Waals surface area contributed by atoms with Crippen LogP contribution in [0.1, 0.15) is 5.56 Å². The maximum atomic E-state index is 13.2. The Morgan fingerprint density at radius 1 is 0.931 bits per heavy atom. The third-order valence-corrected chi connectivity index (χ3v) is 5.29. The van der Waals surface area contributed by atoms with Crippen molar-refractivity contribution in [3.05, 3.63) is 94.8 Å². The standard InChI is InChI=1S/C22H16F2N2O2S/c23-21(24)28-19-13-7-4-8-15(19)14-29-22-25-18-12-6-5-11-17(18)20(27)26(22)16-9-2-1-3-10-16/h1-13,21H,14H2. The monoisotopic (exact) mass is 410 g/mol. The summed E-state index contributed by atoms with van der Waals surface area (Å²) in [6.45, 7) is -2.90. The largest absolute Gasteiger partial charge is 0.435 e. The number of benzene rings is 3. The van der Waals surface area contributed by atoms with Crippen LogP contribution in [0.3, 0.4) is 0 Å². The minimum atomic E-state index is -2.90. The van der Waals surface area contributed by atoms with Gasteiger partial charge in [0.25, 0.3) is 5.56 Å². The molecule has 0 bridgehead atoms. The molecule has 1 aromatic heterocycles. The van der Waals surface area contributed by atoms with Crippen LogP contribution in [0, 0.1) is 0 Å². The Labute approximate surface area is 169 Å². The van der Waals surface area contributed by atoms with Crippen LogP contribution in [-0.4, -0.2) is 16.2 Å². The van der Waals surface area contributed by atoms with E-state index < -0.39 is 6.61 Å². The van der Waals surface area contributed by atoms with E-state index in [1.165, 1.54) is 17.8 Å². The highest BCUT2D eigenvalue weighted by atomic mass is 32.2. The summed E-state index contributed by atoms with van der Waals surface area (Å²) in [4.78, 5) is 17.8. The number of halogens is 2. The molecule has 0 atom stereocenters. The molecule has 0 aliphatic heterocycles. The zero-order valence-corrected chi connectivity index (χ0v) is 16.0. The smallest absolute Gasteiger partial charge is 0.387 e. The van der Waals surface area contributed by atoms with Crippen molar-refractivity contribution >= 4 is 22.7 Å². The summed E-state index contributed by atoms with van der Waals surface area (Å²) >= 11 is 1.29. The van der Waals surface area contributed by atoms with Gasteiger partial charge in [0, 0.05) is 11.3 Å².